The molecule has 1 fully saturated rings. The van der Waals surface area contributed by atoms with Crippen LogP contribution >= 0.6 is 0 Å². The van der Waals surface area contributed by atoms with Crippen molar-refractivity contribution in [3.63, 3.8) is 0 Å². The molecule has 1 aliphatic carbocycles. The third kappa shape index (κ3) is 2.29. The summed E-state index contributed by atoms with van der Waals surface area (Å²) in [5.41, 5.74) is 8.80. The topological polar surface area (TPSA) is 50.9 Å². The summed E-state index contributed by atoms with van der Waals surface area (Å²) in [7, 11) is 0. The van der Waals surface area contributed by atoms with Crippen LogP contribution in [0.5, 0.6) is 0 Å². The first kappa shape index (κ1) is 12.4. The Balaban J connectivity index is 2.28. The van der Waals surface area contributed by atoms with E-state index < -0.39 is 0 Å². The van der Waals surface area contributed by atoms with Crippen LogP contribution in [-0.2, 0) is 5.41 Å². The van der Waals surface area contributed by atoms with Crippen LogP contribution in [0.4, 0.5) is 5.82 Å². The predicted molar refractivity (Wildman–Crippen MR) is 72.1 cm³/mol. The SMILES string of the molecule is CCNC1CCC(C)(c2c(C)ccnc2N)C1. The van der Waals surface area contributed by atoms with Gasteiger partial charge in [0.25, 0.3) is 0 Å². The maximum Gasteiger partial charge on any atom is 0.127 e. The van der Waals surface area contributed by atoms with Crippen molar-refractivity contribution in [1.29, 1.82) is 0 Å². The Morgan fingerprint density at radius 3 is 3.00 bits per heavy atom. The molecule has 2 rings (SSSR count). The fourth-order valence-corrected chi connectivity index (χ4v) is 3.30. The lowest BCUT2D eigenvalue weighted by atomic mass is 9.79. The Morgan fingerprint density at radius 1 is 1.59 bits per heavy atom. The van der Waals surface area contributed by atoms with Gasteiger partial charge in [-0.05, 0) is 49.8 Å². The molecule has 0 saturated heterocycles. The highest BCUT2D eigenvalue weighted by Crippen LogP contribution is 2.43. The lowest BCUT2D eigenvalue weighted by molar-refractivity contribution is 0.456. The Hall–Kier alpha value is -1.09. The van der Waals surface area contributed by atoms with E-state index in [1.54, 1.807) is 6.20 Å². The number of nitrogens with zero attached hydrogens (tertiary/aromatic N) is 1. The van der Waals surface area contributed by atoms with Gasteiger partial charge >= 0.3 is 0 Å². The van der Waals surface area contributed by atoms with Gasteiger partial charge in [0.2, 0.25) is 0 Å². The van der Waals surface area contributed by atoms with Gasteiger partial charge in [0.05, 0.1) is 0 Å². The van der Waals surface area contributed by atoms with Gasteiger partial charge in [0.15, 0.2) is 0 Å². The van der Waals surface area contributed by atoms with E-state index in [2.05, 4.69) is 37.1 Å². The van der Waals surface area contributed by atoms with Gasteiger partial charge < -0.3 is 11.1 Å². The molecule has 0 amide bonds. The smallest absolute Gasteiger partial charge is 0.127 e. The summed E-state index contributed by atoms with van der Waals surface area (Å²) >= 11 is 0. The average molecular weight is 233 g/mol. The van der Waals surface area contributed by atoms with Gasteiger partial charge in [-0.1, -0.05) is 13.8 Å². The molecule has 3 N–H and O–H groups in total. The van der Waals surface area contributed by atoms with Crippen molar-refractivity contribution >= 4 is 5.82 Å². The van der Waals surface area contributed by atoms with Crippen molar-refractivity contribution in [2.75, 3.05) is 12.3 Å². The number of aryl methyl sites for hydroxylation is 1. The van der Waals surface area contributed by atoms with Crippen LogP contribution in [-0.4, -0.2) is 17.6 Å². The molecule has 1 aromatic rings. The van der Waals surface area contributed by atoms with E-state index in [0.29, 0.717) is 11.9 Å². The van der Waals surface area contributed by atoms with E-state index in [9.17, 15) is 0 Å². The van der Waals surface area contributed by atoms with Gasteiger partial charge in [0.1, 0.15) is 5.82 Å². The van der Waals surface area contributed by atoms with Crippen molar-refractivity contribution in [1.82, 2.24) is 10.3 Å². The van der Waals surface area contributed by atoms with Crippen LogP contribution in [0.25, 0.3) is 0 Å². The molecule has 3 nitrogen and oxygen atoms in total. The number of pyridine rings is 1. The largest absolute Gasteiger partial charge is 0.383 e. The lowest BCUT2D eigenvalue weighted by Gasteiger charge is -2.27. The zero-order valence-corrected chi connectivity index (χ0v) is 11.1. The second-order valence-corrected chi connectivity index (χ2v) is 5.45. The highest BCUT2D eigenvalue weighted by atomic mass is 14.9. The van der Waals surface area contributed by atoms with Gasteiger partial charge in [-0.25, -0.2) is 4.98 Å². The molecule has 1 aliphatic rings. The summed E-state index contributed by atoms with van der Waals surface area (Å²) in [6.45, 7) is 7.67. The van der Waals surface area contributed by atoms with Gasteiger partial charge in [0, 0.05) is 17.8 Å². The molecule has 0 radical (unpaired) electrons. The van der Waals surface area contributed by atoms with E-state index in [4.69, 9.17) is 5.73 Å². The van der Waals surface area contributed by atoms with E-state index in [0.717, 1.165) is 13.0 Å². The molecule has 17 heavy (non-hydrogen) atoms. The Labute approximate surface area is 104 Å². The number of aromatic nitrogens is 1. The second kappa shape index (κ2) is 4.65. The van der Waals surface area contributed by atoms with Crippen molar-refractivity contribution in [3.05, 3.63) is 23.4 Å². The Bertz CT molecular complexity index is 382. The summed E-state index contributed by atoms with van der Waals surface area (Å²) in [6.07, 6.45) is 5.39. The van der Waals surface area contributed by atoms with Crippen molar-refractivity contribution in [2.45, 2.75) is 51.5 Å². The monoisotopic (exact) mass is 233 g/mol. The number of hydrogen-bond acceptors (Lipinski definition) is 3. The first-order valence-corrected chi connectivity index (χ1v) is 6.52. The molecule has 94 valence electrons. The molecule has 0 aromatic carbocycles. The molecule has 0 bridgehead atoms. The molecule has 1 aromatic heterocycles. The average Bonchev–Trinajstić information content (AvgIpc) is 2.61. The fraction of sp³-hybridized carbons (Fsp3) is 0.643. The molecular weight excluding hydrogens is 210 g/mol. The van der Waals surface area contributed by atoms with E-state index in [1.807, 2.05) is 0 Å². The molecule has 1 heterocycles. The minimum Gasteiger partial charge on any atom is -0.383 e. The first-order chi connectivity index (χ1) is 8.07. The number of rotatable bonds is 3. The lowest BCUT2D eigenvalue weighted by Crippen LogP contribution is -2.29. The van der Waals surface area contributed by atoms with Crippen LogP contribution in [0.3, 0.4) is 0 Å². The van der Waals surface area contributed by atoms with Crippen LogP contribution < -0.4 is 11.1 Å². The molecule has 1 saturated carbocycles. The van der Waals surface area contributed by atoms with Crippen LogP contribution in [0.2, 0.25) is 0 Å². The Morgan fingerprint density at radius 2 is 2.35 bits per heavy atom. The summed E-state index contributed by atoms with van der Waals surface area (Å²) in [6, 6.07) is 2.70. The third-order valence-corrected chi connectivity index (χ3v) is 4.03. The number of nitrogen functional groups attached to an aromatic ring is 1. The normalized spacial score (nSPS) is 28.5. The van der Waals surface area contributed by atoms with E-state index in [-0.39, 0.29) is 5.41 Å². The molecule has 0 aliphatic heterocycles. The third-order valence-electron chi connectivity index (χ3n) is 4.03. The first-order valence-electron chi connectivity index (χ1n) is 6.52. The molecular formula is C14H23N3. The minimum atomic E-state index is 0.190. The molecule has 0 spiro atoms. The van der Waals surface area contributed by atoms with Gasteiger partial charge in [-0.2, -0.15) is 0 Å². The maximum absolute atomic E-state index is 6.07. The quantitative estimate of drug-likeness (QED) is 0.843. The van der Waals surface area contributed by atoms with Crippen LogP contribution in [0, 0.1) is 6.92 Å². The van der Waals surface area contributed by atoms with Crippen LogP contribution in [0.15, 0.2) is 12.3 Å². The summed E-state index contributed by atoms with van der Waals surface area (Å²) in [5, 5.41) is 3.55. The molecule has 2 atom stereocenters. The van der Waals surface area contributed by atoms with Crippen molar-refractivity contribution in [3.8, 4) is 0 Å². The van der Waals surface area contributed by atoms with Gasteiger partial charge in [-0.15, -0.1) is 0 Å². The van der Waals surface area contributed by atoms with Gasteiger partial charge in [-0.3, -0.25) is 0 Å². The highest BCUT2D eigenvalue weighted by molar-refractivity contribution is 5.49. The predicted octanol–water partition coefficient (Wildman–Crippen LogP) is 2.39. The number of nitrogens with one attached hydrogen (secondary N) is 1. The zero-order chi connectivity index (χ0) is 12.5. The van der Waals surface area contributed by atoms with E-state index >= 15 is 0 Å². The second-order valence-electron chi connectivity index (χ2n) is 5.45. The Kier molecular flexibility index (Phi) is 3.38. The van der Waals surface area contributed by atoms with E-state index in [1.165, 1.54) is 24.0 Å². The molecule has 2 unspecified atom stereocenters. The summed E-state index contributed by atoms with van der Waals surface area (Å²) in [4.78, 5) is 4.26. The fourth-order valence-electron chi connectivity index (χ4n) is 3.30. The standard InChI is InChI=1S/C14H23N3/c1-4-16-11-5-7-14(3,9-11)12-10(2)6-8-17-13(12)15/h6,8,11,16H,4-5,7,9H2,1-3H3,(H2,15,17). The van der Waals surface area contributed by atoms with Crippen molar-refractivity contribution in [2.24, 2.45) is 0 Å². The van der Waals surface area contributed by atoms with Crippen LogP contribution in [0.1, 0.15) is 44.2 Å². The number of anilines is 1. The summed E-state index contributed by atoms with van der Waals surface area (Å²) in [5.74, 6) is 0.713. The van der Waals surface area contributed by atoms with Crippen molar-refractivity contribution < 1.29 is 0 Å². The zero-order valence-electron chi connectivity index (χ0n) is 11.1. The highest BCUT2D eigenvalue weighted by Gasteiger charge is 2.38. The number of hydrogen-bond donors (Lipinski definition) is 2. The minimum absolute atomic E-state index is 0.190. The molecule has 3 heteroatoms. The summed E-state index contributed by atoms with van der Waals surface area (Å²) < 4.78 is 0. The number of nitrogens with two attached hydrogens (primary N) is 1. The maximum atomic E-state index is 6.07.